The van der Waals surface area contributed by atoms with Crippen LogP contribution in [0.5, 0.6) is 0 Å². The van der Waals surface area contributed by atoms with E-state index in [4.69, 9.17) is 9.84 Å². The second kappa shape index (κ2) is 6.49. The lowest BCUT2D eigenvalue weighted by Gasteiger charge is -2.26. The van der Waals surface area contributed by atoms with Crippen molar-refractivity contribution in [2.24, 2.45) is 5.92 Å². The van der Waals surface area contributed by atoms with Crippen molar-refractivity contribution >= 4 is 11.8 Å². The van der Waals surface area contributed by atoms with Gasteiger partial charge in [0, 0.05) is 19.8 Å². The molecule has 1 fully saturated rings. The Morgan fingerprint density at radius 1 is 1.47 bits per heavy atom. The maximum Gasteiger partial charge on any atom is 0.354 e. The van der Waals surface area contributed by atoms with Crippen LogP contribution in [0.25, 0.3) is 0 Å². The van der Waals surface area contributed by atoms with Crippen LogP contribution in [0.3, 0.4) is 0 Å². The van der Waals surface area contributed by atoms with Gasteiger partial charge in [-0.15, -0.1) is 0 Å². The summed E-state index contributed by atoms with van der Waals surface area (Å²) in [5.41, 5.74) is -0.00874. The molecule has 2 rings (SSSR count). The topological polar surface area (TPSA) is 91.7 Å². The monoisotopic (exact) mass is 266 g/mol. The van der Waals surface area contributed by atoms with Crippen molar-refractivity contribution in [2.45, 2.75) is 18.9 Å². The Balaban J connectivity index is 1.87. The Morgan fingerprint density at radius 3 is 2.89 bits per heavy atom. The largest absolute Gasteiger partial charge is 0.477 e. The van der Waals surface area contributed by atoms with Crippen molar-refractivity contribution in [2.75, 3.05) is 25.1 Å². The van der Waals surface area contributed by atoms with Gasteiger partial charge in [0.25, 0.3) is 0 Å². The first-order chi connectivity index (χ1) is 9.16. The minimum Gasteiger partial charge on any atom is -0.477 e. The Labute approximate surface area is 111 Å². The summed E-state index contributed by atoms with van der Waals surface area (Å²) in [5, 5.41) is 21.9. The van der Waals surface area contributed by atoms with Gasteiger partial charge in [0.05, 0.1) is 6.10 Å². The number of hydrogen-bond acceptors (Lipinski definition) is 5. The fraction of sp³-hybridized carbons (Fsp3) is 0.538. The van der Waals surface area contributed by atoms with E-state index < -0.39 is 12.1 Å². The fourth-order valence-corrected chi connectivity index (χ4v) is 2.13. The number of carbonyl (C=O) groups is 1. The van der Waals surface area contributed by atoms with Crippen LogP contribution in [-0.2, 0) is 4.74 Å². The minimum atomic E-state index is -1.06. The summed E-state index contributed by atoms with van der Waals surface area (Å²) < 4.78 is 5.25. The van der Waals surface area contributed by atoms with Crippen molar-refractivity contribution in [3.05, 3.63) is 23.9 Å². The molecule has 0 aromatic carbocycles. The first kappa shape index (κ1) is 13.8. The van der Waals surface area contributed by atoms with Gasteiger partial charge >= 0.3 is 5.97 Å². The molecule has 0 radical (unpaired) electrons. The molecule has 0 amide bonds. The highest BCUT2D eigenvalue weighted by Crippen LogP contribution is 2.19. The van der Waals surface area contributed by atoms with Gasteiger partial charge in [-0.05, 0) is 30.9 Å². The zero-order chi connectivity index (χ0) is 13.7. The molecule has 1 unspecified atom stereocenters. The lowest BCUT2D eigenvalue weighted by Crippen LogP contribution is -2.32. The average Bonchev–Trinajstić information content (AvgIpc) is 2.46. The Kier molecular flexibility index (Phi) is 4.70. The van der Waals surface area contributed by atoms with Crippen LogP contribution in [0, 0.1) is 5.92 Å². The highest BCUT2D eigenvalue weighted by Gasteiger charge is 2.21. The Morgan fingerprint density at radius 2 is 2.21 bits per heavy atom. The number of aliphatic hydroxyl groups is 1. The number of carboxylic acids is 1. The van der Waals surface area contributed by atoms with E-state index in [-0.39, 0.29) is 11.6 Å². The number of anilines is 1. The average molecular weight is 266 g/mol. The van der Waals surface area contributed by atoms with E-state index in [0.717, 1.165) is 12.8 Å². The van der Waals surface area contributed by atoms with Gasteiger partial charge in [0.1, 0.15) is 5.82 Å². The molecule has 0 bridgehead atoms. The molecule has 0 saturated carbocycles. The summed E-state index contributed by atoms with van der Waals surface area (Å²) in [6.45, 7) is 1.74. The van der Waals surface area contributed by atoms with Crippen molar-refractivity contribution < 1.29 is 19.7 Å². The van der Waals surface area contributed by atoms with Crippen LogP contribution in [0.4, 0.5) is 5.82 Å². The van der Waals surface area contributed by atoms with E-state index in [9.17, 15) is 9.90 Å². The molecule has 19 heavy (non-hydrogen) atoms. The Hall–Kier alpha value is -1.66. The minimum absolute atomic E-state index is 0.00874. The summed E-state index contributed by atoms with van der Waals surface area (Å²) in [4.78, 5) is 14.7. The second-order valence-corrected chi connectivity index (χ2v) is 4.61. The molecule has 1 aliphatic heterocycles. The SMILES string of the molecule is O=C(O)c1cccc(NCC(O)C2CCOCC2)n1. The third-order valence-electron chi connectivity index (χ3n) is 3.27. The highest BCUT2D eigenvalue weighted by atomic mass is 16.5. The zero-order valence-corrected chi connectivity index (χ0v) is 10.6. The number of aromatic carboxylic acids is 1. The predicted octanol–water partition coefficient (Wildman–Crippen LogP) is 0.979. The molecule has 2 heterocycles. The Bertz CT molecular complexity index is 432. The van der Waals surface area contributed by atoms with Gasteiger partial charge in [-0.1, -0.05) is 6.07 Å². The van der Waals surface area contributed by atoms with Gasteiger partial charge in [-0.25, -0.2) is 9.78 Å². The number of ether oxygens (including phenoxy) is 1. The van der Waals surface area contributed by atoms with Gasteiger partial charge < -0.3 is 20.3 Å². The van der Waals surface area contributed by atoms with Crippen LogP contribution >= 0.6 is 0 Å². The summed E-state index contributed by atoms with van der Waals surface area (Å²) >= 11 is 0. The lowest BCUT2D eigenvalue weighted by molar-refractivity contribution is 0.0131. The molecule has 3 N–H and O–H groups in total. The number of hydrogen-bond donors (Lipinski definition) is 3. The third kappa shape index (κ3) is 3.90. The van der Waals surface area contributed by atoms with Gasteiger partial charge in [-0.2, -0.15) is 0 Å². The van der Waals surface area contributed by atoms with Crippen molar-refractivity contribution in [1.29, 1.82) is 0 Å². The van der Waals surface area contributed by atoms with E-state index >= 15 is 0 Å². The van der Waals surface area contributed by atoms with E-state index in [1.807, 2.05) is 0 Å². The number of rotatable bonds is 5. The van der Waals surface area contributed by atoms with E-state index in [0.29, 0.717) is 25.6 Å². The van der Waals surface area contributed by atoms with Crippen molar-refractivity contribution in [1.82, 2.24) is 4.98 Å². The predicted molar refractivity (Wildman–Crippen MR) is 69.2 cm³/mol. The van der Waals surface area contributed by atoms with Crippen LogP contribution in [0.1, 0.15) is 23.3 Å². The highest BCUT2D eigenvalue weighted by molar-refractivity contribution is 5.85. The summed E-state index contributed by atoms with van der Waals surface area (Å²) in [7, 11) is 0. The first-order valence-corrected chi connectivity index (χ1v) is 6.37. The molecular formula is C13H18N2O4. The zero-order valence-electron chi connectivity index (χ0n) is 10.6. The summed E-state index contributed by atoms with van der Waals surface area (Å²) in [6.07, 6.45) is 1.23. The quantitative estimate of drug-likeness (QED) is 0.736. The number of aliphatic hydroxyl groups excluding tert-OH is 1. The molecule has 1 aliphatic rings. The summed E-state index contributed by atoms with van der Waals surface area (Å²) in [5.74, 6) is -0.372. The maximum absolute atomic E-state index is 10.8. The van der Waals surface area contributed by atoms with Crippen LogP contribution in [0.2, 0.25) is 0 Å². The molecule has 6 nitrogen and oxygen atoms in total. The first-order valence-electron chi connectivity index (χ1n) is 6.37. The molecule has 0 spiro atoms. The molecule has 0 aliphatic carbocycles. The van der Waals surface area contributed by atoms with Gasteiger partial charge in [-0.3, -0.25) is 0 Å². The van der Waals surface area contributed by atoms with Gasteiger partial charge in [0.2, 0.25) is 0 Å². The number of nitrogens with zero attached hydrogens (tertiary/aromatic N) is 1. The lowest BCUT2D eigenvalue weighted by atomic mass is 9.94. The molecule has 6 heteroatoms. The fourth-order valence-electron chi connectivity index (χ4n) is 2.13. The molecule has 1 aromatic heterocycles. The standard InChI is InChI=1S/C13H18N2O4/c16-11(9-4-6-19-7-5-9)8-14-12-3-1-2-10(15-12)13(17)18/h1-3,9,11,16H,4-8H2,(H,14,15)(H,17,18). The molecule has 1 saturated heterocycles. The smallest absolute Gasteiger partial charge is 0.354 e. The summed E-state index contributed by atoms with van der Waals surface area (Å²) in [6, 6.07) is 4.74. The van der Waals surface area contributed by atoms with Crippen molar-refractivity contribution in [3.8, 4) is 0 Å². The van der Waals surface area contributed by atoms with Crippen LogP contribution in [-0.4, -0.2) is 47.0 Å². The molecule has 1 atom stereocenters. The molecule has 104 valence electrons. The third-order valence-corrected chi connectivity index (χ3v) is 3.27. The van der Waals surface area contributed by atoms with Gasteiger partial charge in [0.15, 0.2) is 5.69 Å². The van der Waals surface area contributed by atoms with Crippen LogP contribution < -0.4 is 5.32 Å². The number of nitrogens with one attached hydrogen (secondary N) is 1. The normalized spacial score (nSPS) is 17.9. The molecule has 1 aromatic rings. The number of carboxylic acid groups (broad SMARTS) is 1. The van der Waals surface area contributed by atoms with E-state index in [1.54, 1.807) is 12.1 Å². The van der Waals surface area contributed by atoms with Crippen LogP contribution in [0.15, 0.2) is 18.2 Å². The number of pyridine rings is 1. The second-order valence-electron chi connectivity index (χ2n) is 4.61. The van der Waals surface area contributed by atoms with E-state index in [2.05, 4.69) is 10.3 Å². The van der Waals surface area contributed by atoms with Crippen molar-refractivity contribution in [3.63, 3.8) is 0 Å². The maximum atomic E-state index is 10.8. The number of aromatic nitrogens is 1. The molecular weight excluding hydrogens is 248 g/mol. The van der Waals surface area contributed by atoms with E-state index in [1.165, 1.54) is 6.07 Å².